The fourth-order valence-corrected chi connectivity index (χ4v) is 5.27. The highest BCUT2D eigenvalue weighted by Gasteiger charge is 2.28. The minimum absolute atomic E-state index is 0.00995. The van der Waals surface area contributed by atoms with Crippen molar-refractivity contribution in [2.75, 3.05) is 32.9 Å². The zero-order valence-electron chi connectivity index (χ0n) is 17.9. The van der Waals surface area contributed by atoms with Crippen LogP contribution in [0.15, 0.2) is 47.4 Å². The van der Waals surface area contributed by atoms with Crippen molar-refractivity contribution in [1.29, 1.82) is 0 Å². The molecule has 1 saturated heterocycles. The molecule has 0 amide bonds. The highest BCUT2D eigenvalue weighted by atomic mass is 32.2. The van der Waals surface area contributed by atoms with Crippen LogP contribution in [0.1, 0.15) is 32.0 Å². The van der Waals surface area contributed by atoms with Crippen LogP contribution in [0.5, 0.6) is 0 Å². The number of carbonyl (C=O) groups excluding carboxylic acids is 2. The standard InChI is InChI=1S/C23H24N2O6S/c1-15-7-8-17(32(28,29)25-9-11-30-12-10-25)13-19(15)23(27)31-14-21(26)22-16(2)24-20-6-4-3-5-18(20)22/h3-8,13,24H,9-12,14H2,1-2H3. The molecule has 1 aliphatic rings. The summed E-state index contributed by atoms with van der Waals surface area (Å²) >= 11 is 0. The highest BCUT2D eigenvalue weighted by Crippen LogP contribution is 2.24. The number of fused-ring (bicyclic) bond motifs is 1. The molecule has 2 aromatic carbocycles. The number of benzene rings is 2. The molecule has 0 atom stereocenters. The van der Waals surface area contributed by atoms with Crippen LogP contribution >= 0.6 is 0 Å². The third-order valence-electron chi connectivity index (χ3n) is 5.54. The Morgan fingerprint density at radius 3 is 2.56 bits per heavy atom. The summed E-state index contributed by atoms with van der Waals surface area (Å²) in [6, 6.07) is 11.7. The number of Topliss-reactive ketones (excluding diaryl/α,β-unsaturated/α-hetero) is 1. The Bertz CT molecular complexity index is 1290. The number of morpholine rings is 1. The van der Waals surface area contributed by atoms with Crippen molar-refractivity contribution in [2.45, 2.75) is 18.7 Å². The molecule has 32 heavy (non-hydrogen) atoms. The first-order valence-electron chi connectivity index (χ1n) is 10.2. The van der Waals surface area contributed by atoms with Gasteiger partial charge >= 0.3 is 5.97 Å². The summed E-state index contributed by atoms with van der Waals surface area (Å²) in [6.07, 6.45) is 0. The predicted molar refractivity (Wildman–Crippen MR) is 118 cm³/mol. The number of carbonyl (C=O) groups is 2. The first kappa shape index (κ1) is 22.2. The van der Waals surface area contributed by atoms with E-state index in [2.05, 4.69) is 4.98 Å². The molecule has 1 aromatic heterocycles. The number of aryl methyl sites for hydroxylation is 2. The van der Waals surface area contributed by atoms with E-state index < -0.39 is 22.6 Å². The molecule has 0 radical (unpaired) electrons. The van der Waals surface area contributed by atoms with Gasteiger partial charge in [-0.1, -0.05) is 24.3 Å². The summed E-state index contributed by atoms with van der Waals surface area (Å²) in [6.45, 7) is 4.21. The van der Waals surface area contributed by atoms with Crippen LogP contribution in [0.25, 0.3) is 10.9 Å². The lowest BCUT2D eigenvalue weighted by atomic mass is 10.1. The molecule has 1 N–H and O–H groups in total. The Labute approximate surface area is 186 Å². The van der Waals surface area contributed by atoms with E-state index >= 15 is 0 Å². The maximum Gasteiger partial charge on any atom is 0.338 e. The van der Waals surface area contributed by atoms with Crippen LogP contribution in [0, 0.1) is 13.8 Å². The number of nitrogens with one attached hydrogen (secondary N) is 1. The van der Waals surface area contributed by atoms with Crippen molar-refractivity contribution in [3.8, 4) is 0 Å². The van der Waals surface area contributed by atoms with Gasteiger partial charge in [-0.25, -0.2) is 13.2 Å². The molecule has 9 heteroatoms. The van der Waals surface area contributed by atoms with Crippen LogP contribution in [0.2, 0.25) is 0 Å². The third kappa shape index (κ3) is 4.19. The molecule has 4 rings (SSSR count). The topological polar surface area (TPSA) is 106 Å². The van der Waals surface area contributed by atoms with Crippen LogP contribution in [-0.4, -0.2) is 62.4 Å². The van der Waals surface area contributed by atoms with E-state index in [0.29, 0.717) is 30.0 Å². The highest BCUT2D eigenvalue weighted by molar-refractivity contribution is 7.89. The zero-order chi connectivity index (χ0) is 22.9. The summed E-state index contributed by atoms with van der Waals surface area (Å²) in [5.74, 6) is -1.07. The summed E-state index contributed by atoms with van der Waals surface area (Å²) < 4.78 is 37.7. The fraction of sp³-hybridized carbons (Fsp3) is 0.304. The van der Waals surface area contributed by atoms with Gasteiger partial charge in [0.15, 0.2) is 6.61 Å². The number of hydrogen-bond acceptors (Lipinski definition) is 6. The van der Waals surface area contributed by atoms with Gasteiger partial charge < -0.3 is 14.5 Å². The molecule has 2 heterocycles. The number of ketones is 1. The monoisotopic (exact) mass is 456 g/mol. The molecule has 168 valence electrons. The van der Waals surface area contributed by atoms with Crippen molar-refractivity contribution in [3.05, 3.63) is 64.8 Å². The van der Waals surface area contributed by atoms with Gasteiger partial charge in [-0.3, -0.25) is 4.79 Å². The van der Waals surface area contributed by atoms with E-state index in [-0.39, 0.29) is 29.3 Å². The first-order chi connectivity index (χ1) is 15.3. The number of rotatable bonds is 6. The van der Waals surface area contributed by atoms with Gasteiger partial charge in [0.2, 0.25) is 15.8 Å². The van der Waals surface area contributed by atoms with Gasteiger partial charge in [0.05, 0.1) is 23.7 Å². The van der Waals surface area contributed by atoms with Gasteiger partial charge in [-0.2, -0.15) is 4.31 Å². The van der Waals surface area contributed by atoms with E-state index in [1.54, 1.807) is 19.9 Å². The molecule has 0 spiro atoms. The average Bonchev–Trinajstić information content (AvgIpc) is 3.13. The molecule has 3 aromatic rings. The molecule has 1 aliphatic heterocycles. The fourth-order valence-electron chi connectivity index (χ4n) is 3.83. The number of ether oxygens (including phenoxy) is 2. The summed E-state index contributed by atoms with van der Waals surface area (Å²) in [4.78, 5) is 28.7. The minimum atomic E-state index is -3.76. The molecular formula is C23H24N2O6S. The van der Waals surface area contributed by atoms with Crippen molar-refractivity contribution in [2.24, 2.45) is 0 Å². The Balaban J connectivity index is 1.53. The second-order valence-corrected chi connectivity index (χ2v) is 9.60. The Kier molecular flexibility index (Phi) is 6.14. The number of para-hydroxylation sites is 1. The van der Waals surface area contributed by atoms with E-state index in [4.69, 9.17) is 9.47 Å². The first-order valence-corrected chi connectivity index (χ1v) is 11.7. The van der Waals surface area contributed by atoms with Crippen molar-refractivity contribution < 1.29 is 27.5 Å². The van der Waals surface area contributed by atoms with Crippen molar-refractivity contribution >= 4 is 32.7 Å². The molecule has 0 unspecified atom stereocenters. The average molecular weight is 457 g/mol. The van der Waals surface area contributed by atoms with Crippen LogP contribution in [0.3, 0.4) is 0 Å². The third-order valence-corrected chi connectivity index (χ3v) is 7.44. The number of esters is 1. The van der Waals surface area contributed by atoms with E-state index in [1.807, 2.05) is 24.3 Å². The number of aromatic amines is 1. The maximum atomic E-state index is 12.9. The molecule has 0 bridgehead atoms. The summed E-state index contributed by atoms with van der Waals surface area (Å²) in [5.41, 5.74) is 2.68. The van der Waals surface area contributed by atoms with Crippen molar-refractivity contribution in [3.63, 3.8) is 0 Å². The molecule has 0 aliphatic carbocycles. The minimum Gasteiger partial charge on any atom is -0.454 e. The van der Waals surface area contributed by atoms with Gasteiger partial charge in [0.25, 0.3) is 0 Å². The van der Waals surface area contributed by atoms with E-state index in [1.165, 1.54) is 16.4 Å². The lowest BCUT2D eigenvalue weighted by molar-refractivity contribution is 0.0474. The molecule has 0 saturated carbocycles. The summed E-state index contributed by atoms with van der Waals surface area (Å²) in [7, 11) is -3.76. The molecular weight excluding hydrogens is 432 g/mol. The maximum absolute atomic E-state index is 12.9. The predicted octanol–water partition coefficient (Wildman–Crippen LogP) is 2.85. The second-order valence-electron chi connectivity index (χ2n) is 7.66. The normalized spacial score (nSPS) is 15.1. The van der Waals surface area contributed by atoms with E-state index in [0.717, 1.165) is 10.9 Å². The quantitative estimate of drug-likeness (QED) is 0.452. The zero-order valence-corrected chi connectivity index (χ0v) is 18.7. The lowest BCUT2D eigenvalue weighted by Gasteiger charge is -2.26. The number of aromatic nitrogens is 1. The largest absolute Gasteiger partial charge is 0.454 e. The van der Waals surface area contributed by atoms with Crippen LogP contribution in [0.4, 0.5) is 0 Å². The summed E-state index contributed by atoms with van der Waals surface area (Å²) in [5, 5.41) is 0.765. The lowest BCUT2D eigenvalue weighted by Crippen LogP contribution is -2.40. The van der Waals surface area contributed by atoms with Gasteiger partial charge in [-0.05, 0) is 37.6 Å². The Hall–Kier alpha value is -3.01. The smallest absolute Gasteiger partial charge is 0.338 e. The van der Waals surface area contributed by atoms with E-state index in [9.17, 15) is 18.0 Å². The Morgan fingerprint density at radius 1 is 1.09 bits per heavy atom. The number of sulfonamides is 1. The Morgan fingerprint density at radius 2 is 1.81 bits per heavy atom. The molecule has 8 nitrogen and oxygen atoms in total. The molecule has 1 fully saturated rings. The van der Waals surface area contributed by atoms with Gasteiger partial charge in [0, 0.05) is 35.2 Å². The van der Waals surface area contributed by atoms with Crippen LogP contribution < -0.4 is 0 Å². The number of nitrogens with zero attached hydrogens (tertiary/aromatic N) is 1. The van der Waals surface area contributed by atoms with Gasteiger partial charge in [-0.15, -0.1) is 0 Å². The second kappa shape index (κ2) is 8.85. The van der Waals surface area contributed by atoms with Gasteiger partial charge in [0.1, 0.15) is 0 Å². The SMILES string of the molecule is Cc1ccc(S(=O)(=O)N2CCOCC2)cc1C(=O)OCC(=O)c1c(C)[nH]c2ccccc12. The van der Waals surface area contributed by atoms with Crippen molar-refractivity contribution in [1.82, 2.24) is 9.29 Å². The number of H-pyrrole nitrogens is 1. The number of hydrogen-bond donors (Lipinski definition) is 1. The van der Waals surface area contributed by atoms with Crippen LogP contribution in [-0.2, 0) is 19.5 Å².